The lowest BCUT2D eigenvalue weighted by Gasteiger charge is -2.63. The molecule has 2 heterocycles. The van der Waals surface area contributed by atoms with Gasteiger partial charge in [-0.3, -0.25) is 9.59 Å². The molecule has 1 N–H and O–H groups in total. The van der Waals surface area contributed by atoms with E-state index in [0.717, 1.165) is 6.42 Å². The molecule has 30 heavy (non-hydrogen) atoms. The summed E-state index contributed by atoms with van der Waals surface area (Å²) >= 11 is 0. The Labute approximate surface area is 170 Å². The summed E-state index contributed by atoms with van der Waals surface area (Å²) in [5, 5.41) is 1.48. The van der Waals surface area contributed by atoms with Crippen LogP contribution in [0.15, 0.2) is 0 Å². The molecular weight excluding hydrogens is 421 g/mol. The molecule has 0 spiro atoms. The van der Waals surface area contributed by atoms with E-state index in [4.69, 9.17) is 0 Å². The fourth-order valence-corrected chi connectivity index (χ4v) is 4.45. The molecule has 2 amide bonds. The average molecular weight is 448 g/mol. The van der Waals surface area contributed by atoms with Gasteiger partial charge in [0.15, 0.2) is 0 Å². The van der Waals surface area contributed by atoms with Gasteiger partial charge in [0.2, 0.25) is 5.91 Å². The molecule has 11 heteroatoms. The second-order valence-corrected chi connectivity index (χ2v) is 10.0. The number of rotatable bonds is 4. The van der Waals surface area contributed by atoms with E-state index in [2.05, 4.69) is 0 Å². The first-order valence-electron chi connectivity index (χ1n) is 9.61. The largest absolute Gasteiger partial charge is 0.460 e. The van der Waals surface area contributed by atoms with E-state index >= 15 is 0 Å². The molecule has 174 valence electrons. The SMILES string of the molecule is C[C@@H]1[C@@H]2CC(CN1C(=O)[C@@H](NC(=O)C(F)(F)C(F)(F)C(F)(F)F)C(C)(C)C)C2(C)C. The third kappa shape index (κ3) is 3.66. The topological polar surface area (TPSA) is 49.4 Å². The fraction of sp³-hybridized carbons (Fsp3) is 0.895. The lowest BCUT2D eigenvalue weighted by Crippen LogP contribution is -2.69. The Kier molecular flexibility index (Phi) is 5.75. The van der Waals surface area contributed by atoms with Gasteiger partial charge in [0.25, 0.3) is 5.91 Å². The smallest absolute Gasteiger partial charge is 0.338 e. The first-order valence-corrected chi connectivity index (χ1v) is 9.61. The zero-order chi connectivity index (χ0) is 23.7. The summed E-state index contributed by atoms with van der Waals surface area (Å²) in [5.74, 6) is -16.0. The Morgan fingerprint density at radius 2 is 1.53 bits per heavy atom. The Bertz CT molecular complexity index is 713. The van der Waals surface area contributed by atoms with Crippen molar-refractivity contribution in [1.82, 2.24) is 10.2 Å². The number of alkyl halides is 7. The summed E-state index contributed by atoms with van der Waals surface area (Å²) in [5.41, 5.74) is -1.24. The summed E-state index contributed by atoms with van der Waals surface area (Å²) in [6, 6.07) is -2.00. The molecule has 3 aliphatic rings. The van der Waals surface area contributed by atoms with Gasteiger partial charge in [-0.05, 0) is 36.0 Å². The number of fused-ring (bicyclic) bond motifs is 2. The van der Waals surface area contributed by atoms with Gasteiger partial charge in [-0.1, -0.05) is 34.6 Å². The van der Waals surface area contributed by atoms with Crippen molar-refractivity contribution in [2.24, 2.45) is 22.7 Å². The Morgan fingerprint density at radius 1 is 1.03 bits per heavy atom. The van der Waals surface area contributed by atoms with Crippen LogP contribution in [0.3, 0.4) is 0 Å². The number of hydrogen-bond donors (Lipinski definition) is 1. The summed E-state index contributed by atoms with van der Waals surface area (Å²) < 4.78 is 91.2. The Morgan fingerprint density at radius 3 is 1.90 bits per heavy atom. The monoisotopic (exact) mass is 448 g/mol. The van der Waals surface area contributed by atoms with Gasteiger partial charge in [-0.15, -0.1) is 0 Å². The van der Waals surface area contributed by atoms with Gasteiger partial charge in [-0.2, -0.15) is 30.7 Å². The van der Waals surface area contributed by atoms with Gasteiger partial charge >= 0.3 is 18.0 Å². The van der Waals surface area contributed by atoms with Crippen LogP contribution in [0.4, 0.5) is 30.7 Å². The van der Waals surface area contributed by atoms with E-state index in [1.165, 1.54) is 31.0 Å². The molecule has 3 rings (SSSR count). The number of carbonyl (C=O) groups is 2. The molecule has 2 saturated heterocycles. The van der Waals surface area contributed by atoms with Crippen LogP contribution < -0.4 is 5.32 Å². The zero-order valence-corrected chi connectivity index (χ0v) is 17.6. The third-order valence-electron chi connectivity index (χ3n) is 6.74. The highest BCUT2D eigenvalue weighted by Gasteiger charge is 2.76. The minimum atomic E-state index is -6.64. The predicted octanol–water partition coefficient (Wildman–Crippen LogP) is 4.24. The number of piperidine rings is 2. The van der Waals surface area contributed by atoms with Gasteiger partial charge < -0.3 is 10.2 Å². The molecule has 1 aliphatic carbocycles. The predicted molar refractivity (Wildman–Crippen MR) is 93.9 cm³/mol. The molecule has 0 aromatic rings. The zero-order valence-electron chi connectivity index (χ0n) is 17.6. The van der Waals surface area contributed by atoms with Crippen molar-refractivity contribution in [3.8, 4) is 0 Å². The maximum absolute atomic E-state index is 13.8. The fourth-order valence-electron chi connectivity index (χ4n) is 4.45. The number of amides is 2. The third-order valence-corrected chi connectivity index (χ3v) is 6.74. The van der Waals surface area contributed by atoms with Crippen molar-refractivity contribution in [3.63, 3.8) is 0 Å². The second kappa shape index (κ2) is 6.98. The summed E-state index contributed by atoms with van der Waals surface area (Å²) in [4.78, 5) is 26.3. The van der Waals surface area contributed by atoms with E-state index in [-0.39, 0.29) is 23.3 Å². The molecule has 1 unspecified atom stereocenters. The van der Waals surface area contributed by atoms with Crippen LogP contribution in [0, 0.1) is 22.7 Å². The van der Waals surface area contributed by atoms with E-state index in [0.29, 0.717) is 6.54 Å². The van der Waals surface area contributed by atoms with Crippen molar-refractivity contribution in [2.75, 3.05) is 6.54 Å². The van der Waals surface area contributed by atoms with Crippen molar-refractivity contribution in [2.45, 2.75) is 78.1 Å². The van der Waals surface area contributed by atoms with Gasteiger partial charge in [-0.25, -0.2) is 0 Å². The van der Waals surface area contributed by atoms with Crippen molar-refractivity contribution in [3.05, 3.63) is 0 Å². The molecule has 4 atom stereocenters. The van der Waals surface area contributed by atoms with Crippen molar-refractivity contribution >= 4 is 11.8 Å². The summed E-state index contributed by atoms with van der Waals surface area (Å²) in [7, 11) is 0. The molecule has 0 radical (unpaired) electrons. The lowest BCUT2D eigenvalue weighted by atomic mass is 9.50. The first-order chi connectivity index (χ1) is 13.2. The molecule has 2 bridgehead atoms. The molecule has 0 aromatic heterocycles. The number of halogens is 7. The van der Waals surface area contributed by atoms with Crippen LogP contribution in [0.25, 0.3) is 0 Å². The van der Waals surface area contributed by atoms with E-state index in [1.54, 1.807) is 6.92 Å². The second-order valence-electron chi connectivity index (χ2n) is 10.0. The van der Waals surface area contributed by atoms with Gasteiger partial charge in [0.05, 0.1) is 0 Å². The number of carbonyl (C=O) groups excluding carboxylic acids is 2. The molecule has 4 nitrogen and oxygen atoms in total. The highest BCUT2D eigenvalue weighted by molar-refractivity contribution is 5.92. The van der Waals surface area contributed by atoms with Crippen LogP contribution >= 0.6 is 0 Å². The standard InChI is InChI=1S/C19H27F7N2O2/c1-9-11-7-10(16(11,5)6)8-28(9)13(29)12(15(2,3)4)27-14(30)17(20,21)18(22,23)19(24,25)26/h9-12H,7-8H2,1-6H3,(H,27,30)/t9-,10?,11+,12-/m1/s1. The molecule has 1 saturated carbocycles. The molecule has 0 aromatic carbocycles. The van der Waals surface area contributed by atoms with E-state index < -0.39 is 41.3 Å². The molecular formula is C19H27F7N2O2. The van der Waals surface area contributed by atoms with Crippen LogP contribution in [0.5, 0.6) is 0 Å². The minimum Gasteiger partial charge on any atom is -0.338 e. The van der Waals surface area contributed by atoms with Crippen LogP contribution in [0.1, 0.15) is 48.0 Å². The van der Waals surface area contributed by atoms with Crippen molar-refractivity contribution in [1.29, 1.82) is 0 Å². The van der Waals surface area contributed by atoms with E-state index in [9.17, 15) is 40.3 Å². The van der Waals surface area contributed by atoms with Crippen molar-refractivity contribution < 1.29 is 40.3 Å². The maximum Gasteiger partial charge on any atom is 0.460 e. The normalized spacial score (nSPS) is 27.9. The number of nitrogens with zero attached hydrogens (tertiary/aromatic N) is 1. The Hall–Kier alpha value is -1.55. The molecule has 2 aliphatic heterocycles. The van der Waals surface area contributed by atoms with Crippen LogP contribution in [-0.4, -0.2) is 53.4 Å². The highest BCUT2D eigenvalue weighted by Crippen LogP contribution is 2.57. The summed E-state index contributed by atoms with van der Waals surface area (Å²) in [6.45, 7) is 10.4. The average Bonchev–Trinajstić information content (AvgIpc) is 2.56. The quantitative estimate of drug-likeness (QED) is 0.654. The van der Waals surface area contributed by atoms with Crippen LogP contribution in [0.2, 0.25) is 0 Å². The first kappa shape index (κ1) is 24.7. The van der Waals surface area contributed by atoms with Gasteiger partial charge in [0.1, 0.15) is 6.04 Å². The number of nitrogens with one attached hydrogen (secondary N) is 1. The number of hydrogen-bond acceptors (Lipinski definition) is 2. The lowest BCUT2D eigenvalue weighted by molar-refractivity contribution is -0.344. The highest BCUT2D eigenvalue weighted by atomic mass is 19.4. The Balaban J connectivity index is 2.28. The maximum atomic E-state index is 13.8. The minimum absolute atomic E-state index is 0.0293. The van der Waals surface area contributed by atoms with Crippen LogP contribution in [-0.2, 0) is 9.59 Å². The van der Waals surface area contributed by atoms with Gasteiger partial charge in [0, 0.05) is 12.6 Å². The summed E-state index contributed by atoms with van der Waals surface area (Å²) in [6.07, 6.45) is -5.76. The van der Waals surface area contributed by atoms with E-state index in [1.807, 2.05) is 13.8 Å². The molecule has 3 fully saturated rings.